The summed E-state index contributed by atoms with van der Waals surface area (Å²) >= 11 is 0. The fraction of sp³-hybridized carbons (Fsp3) is 0. The number of nitrogens with zero attached hydrogens (tertiary/aromatic N) is 3. The van der Waals surface area contributed by atoms with Crippen LogP contribution in [0.5, 0.6) is 0 Å². The van der Waals surface area contributed by atoms with Gasteiger partial charge in [-0.2, -0.15) is 0 Å². The first kappa shape index (κ1) is 40.5. The molecule has 5 nitrogen and oxygen atoms in total. The maximum Gasteiger partial charge on any atom is 0.137 e. The predicted molar refractivity (Wildman–Crippen MR) is 296 cm³/mol. The molecule has 3 aromatic heterocycles. The van der Waals surface area contributed by atoms with Crippen molar-refractivity contribution >= 4 is 99.8 Å². The summed E-state index contributed by atoms with van der Waals surface area (Å²) < 4.78 is 15.5. The van der Waals surface area contributed by atoms with E-state index in [1.54, 1.807) is 0 Å². The Morgan fingerprint density at radius 3 is 1.25 bits per heavy atom. The van der Waals surface area contributed by atoms with Crippen molar-refractivity contribution in [2.45, 2.75) is 0 Å². The van der Waals surface area contributed by atoms with Crippen molar-refractivity contribution < 1.29 is 8.83 Å². The number of benzene rings is 11. The highest BCUT2D eigenvalue weighted by atomic mass is 16.3. The molecule has 0 unspecified atom stereocenters. The molecule has 0 spiro atoms. The molecule has 0 saturated carbocycles. The van der Waals surface area contributed by atoms with Gasteiger partial charge < -0.3 is 23.2 Å². The zero-order valence-corrected chi connectivity index (χ0v) is 38.5. The van der Waals surface area contributed by atoms with Crippen LogP contribution in [0.2, 0.25) is 0 Å². The number of anilines is 6. The molecule has 0 fully saturated rings. The molecule has 71 heavy (non-hydrogen) atoms. The lowest BCUT2D eigenvalue weighted by atomic mass is 10.00. The normalized spacial score (nSPS) is 11.7. The third kappa shape index (κ3) is 6.94. The van der Waals surface area contributed by atoms with Crippen LogP contribution in [-0.2, 0) is 0 Å². The molecule has 0 bridgehead atoms. The minimum atomic E-state index is 0.834. The summed E-state index contributed by atoms with van der Waals surface area (Å²) in [6.07, 6.45) is 0. The van der Waals surface area contributed by atoms with Crippen LogP contribution >= 0.6 is 0 Å². The number of hydrogen-bond donors (Lipinski definition) is 0. The van der Waals surface area contributed by atoms with Gasteiger partial charge in [0.1, 0.15) is 22.3 Å². The van der Waals surface area contributed by atoms with Crippen molar-refractivity contribution in [3.05, 3.63) is 261 Å². The third-order valence-electron chi connectivity index (χ3n) is 13.9. The van der Waals surface area contributed by atoms with Gasteiger partial charge >= 0.3 is 0 Å². The van der Waals surface area contributed by atoms with Crippen LogP contribution in [0.15, 0.2) is 270 Å². The third-order valence-corrected chi connectivity index (χ3v) is 13.9. The molecule has 14 rings (SSSR count). The number of hydrogen-bond acceptors (Lipinski definition) is 4. The predicted octanol–water partition coefficient (Wildman–Crippen LogP) is 18.9. The van der Waals surface area contributed by atoms with E-state index in [-0.39, 0.29) is 0 Å². The first-order valence-electron chi connectivity index (χ1n) is 24.1. The molecule has 3 heterocycles. The van der Waals surface area contributed by atoms with Crippen LogP contribution in [0.3, 0.4) is 0 Å². The average molecular weight is 910 g/mol. The lowest BCUT2D eigenvalue weighted by molar-refractivity contribution is 0.668. The Morgan fingerprint density at radius 1 is 0.239 bits per heavy atom. The molecule has 0 amide bonds. The molecule has 0 N–H and O–H groups in total. The standard InChI is InChI=1S/C66H43N3O2/c1-4-16-44(17-5-1)45-28-31-50(32-29-45)69-61-25-13-10-22-55(61)56-35-30-46(40-62(56)69)47-38-53(67(48-18-6-2-7-19-48)51-33-36-59-57-23-11-14-26-63(57)70-65(59)42-51)41-54(39-47)68(49-20-8-3-9-21-49)52-34-37-60-58-24-12-15-27-64(58)71-66(60)43-52/h1-43H. The van der Waals surface area contributed by atoms with Gasteiger partial charge in [-0.1, -0.05) is 146 Å². The summed E-state index contributed by atoms with van der Waals surface area (Å²) in [6, 6.07) is 93.1. The van der Waals surface area contributed by atoms with E-state index >= 15 is 0 Å². The molecule has 0 aliphatic rings. The quantitative estimate of drug-likeness (QED) is 0.145. The first-order valence-corrected chi connectivity index (χ1v) is 24.1. The highest BCUT2D eigenvalue weighted by molar-refractivity contribution is 6.11. The van der Waals surface area contributed by atoms with Gasteiger partial charge in [0.05, 0.1) is 11.0 Å². The van der Waals surface area contributed by atoms with E-state index in [2.05, 4.69) is 251 Å². The van der Waals surface area contributed by atoms with Gasteiger partial charge in [-0.05, 0) is 125 Å². The van der Waals surface area contributed by atoms with Crippen LogP contribution in [-0.4, -0.2) is 4.57 Å². The molecule has 334 valence electrons. The second-order valence-electron chi connectivity index (χ2n) is 18.1. The molecule has 0 aliphatic heterocycles. The second kappa shape index (κ2) is 16.6. The Morgan fingerprint density at radius 2 is 0.676 bits per heavy atom. The fourth-order valence-electron chi connectivity index (χ4n) is 10.6. The molecular formula is C66H43N3O2. The van der Waals surface area contributed by atoms with E-state index in [0.717, 1.165) is 106 Å². The molecule has 0 radical (unpaired) electrons. The summed E-state index contributed by atoms with van der Waals surface area (Å²) in [5, 5.41) is 6.78. The first-order chi connectivity index (χ1) is 35.2. The lowest BCUT2D eigenvalue weighted by Gasteiger charge is -2.30. The van der Waals surface area contributed by atoms with Crippen molar-refractivity contribution in [1.82, 2.24) is 4.57 Å². The van der Waals surface area contributed by atoms with E-state index in [4.69, 9.17) is 8.83 Å². The zero-order chi connectivity index (χ0) is 46.8. The van der Waals surface area contributed by atoms with Crippen molar-refractivity contribution in [3.8, 4) is 27.9 Å². The highest BCUT2D eigenvalue weighted by Crippen LogP contribution is 2.46. The van der Waals surface area contributed by atoms with Crippen LogP contribution in [0.25, 0.3) is 93.6 Å². The second-order valence-corrected chi connectivity index (χ2v) is 18.1. The Balaban J connectivity index is 1.01. The lowest BCUT2D eigenvalue weighted by Crippen LogP contribution is -2.13. The summed E-state index contributed by atoms with van der Waals surface area (Å²) in [5.41, 5.74) is 17.3. The van der Waals surface area contributed by atoms with Crippen molar-refractivity contribution in [2.75, 3.05) is 9.80 Å². The summed E-state index contributed by atoms with van der Waals surface area (Å²) in [6.45, 7) is 0. The molecule has 5 heteroatoms. The number of aromatic nitrogens is 1. The zero-order valence-electron chi connectivity index (χ0n) is 38.5. The van der Waals surface area contributed by atoms with Gasteiger partial charge in [-0.15, -0.1) is 0 Å². The molecule has 0 atom stereocenters. The Hall–Kier alpha value is -9.58. The number of para-hydroxylation sites is 5. The largest absolute Gasteiger partial charge is 0.456 e. The Bertz CT molecular complexity index is 4110. The Labute approximate surface area is 409 Å². The minimum Gasteiger partial charge on any atom is -0.456 e. The van der Waals surface area contributed by atoms with E-state index < -0.39 is 0 Å². The number of furan rings is 2. The average Bonchev–Trinajstić information content (AvgIpc) is 4.11. The van der Waals surface area contributed by atoms with Crippen LogP contribution < -0.4 is 9.80 Å². The van der Waals surface area contributed by atoms with Gasteiger partial charge in [0.2, 0.25) is 0 Å². The van der Waals surface area contributed by atoms with Gasteiger partial charge in [0.15, 0.2) is 0 Å². The summed E-state index contributed by atoms with van der Waals surface area (Å²) in [4.78, 5) is 4.68. The van der Waals surface area contributed by atoms with E-state index in [1.165, 1.54) is 21.9 Å². The van der Waals surface area contributed by atoms with Crippen LogP contribution in [0.4, 0.5) is 34.1 Å². The van der Waals surface area contributed by atoms with Gasteiger partial charge in [0.25, 0.3) is 0 Å². The van der Waals surface area contributed by atoms with Gasteiger partial charge in [0, 0.05) is 84.3 Å². The SMILES string of the molecule is c1ccc(-c2ccc(-n3c4ccccc4c4ccc(-c5cc(N(c6ccccc6)c6ccc7c(c6)oc6ccccc67)cc(N(c6ccccc6)c6ccc7c(c6)oc6ccccc67)c5)cc43)cc2)cc1. The maximum absolute atomic E-state index is 6.54. The number of rotatable bonds is 9. The molecule has 0 aliphatic carbocycles. The van der Waals surface area contributed by atoms with E-state index in [9.17, 15) is 0 Å². The number of fused-ring (bicyclic) bond motifs is 9. The Kier molecular flexibility index (Phi) is 9.46. The van der Waals surface area contributed by atoms with E-state index in [0.29, 0.717) is 0 Å². The van der Waals surface area contributed by atoms with Gasteiger partial charge in [-0.25, -0.2) is 0 Å². The van der Waals surface area contributed by atoms with Crippen LogP contribution in [0.1, 0.15) is 0 Å². The maximum atomic E-state index is 6.54. The van der Waals surface area contributed by atoms with Crippen molar-refractivity contribution in [2.24, 2.45) is 0 Å². The molecular weight excluding hydrogens is 867 g/mol. The molecule has 11 aromatic carbocycles. The van der Waals surface area contributed by atoms with Crippen molar-refractivity contribution in [3.63, 3.8) is 0 Å². The van der Waals surface area contributed by atoms with Gasteiger partial charge in [-0.3, -0.25) is 0 Å². The molecule has 0 saturated heterocycles. The summed E-state index contributed by atoms with van der Waals surface area (Å²) in [7, 11) is 0. The molecule has 14 aromatic rings. The highest BCUT2D eigenvalue weighted by Gasteiger charge is 2.22. The summed E-state index contributed by atoms with van der Waals surface area (Å²) in [5.74, 6) is 0. The minimum absolute atomic E-state index is 0.834. The topological polar surface area (TPSA) is 37.7 Å². The smallest absolute Gasteiger partial charge is 0.137 e. The fourth-order valence-corrected chi connectivity index (χ4v) is 10.6. The van der Waals surface area contributed by atoms with Crippen molar-refractivity contribution in [1.29, 1.82) is 0 Å². The van der Waals surface area contributed by atoms with E-state index in [1.807, 2.05) is 24.3 Å². The van der Waals surface area contributed by atoms with Crippen LogP contribution in [0, 0.1) is 0 Å². The monoisotopic (exact) mass is 909 g/mol.